The average Bonchev–Trinajstić information content (AvgIpc) is 2.92. The van der Waals surface area contributed by atoms with Gasteiger partial charge >= 0.3 is 0 Å². The molecular weight excluding hydrogens is 226 g/mol. The van der Waals surface area contributed by atoms with E-state index in [9.17, 15) is 0 Å². The Labute approximate surface area is 104 Å². The van der Waals surface area contributed by atoms with E-state index in [-0.39, 0.29) is 0 Å². The van der Waals surface area contributed by atoms with Gasteiger partial charge in [0.2, 0.25) is 0 Å². The monoisotopic (exact) mass is 239 g/mol. The number of aromatic amines is 1. The molecule has 18 heavy (non-hydrogen) atoms. The number of fused-ring (bicyclic) bond motifs is 1. The molecule has 90 valence electrons. The zero-order valence-electron chi connectivity index (χ0n) is 9.72. The van der Waals surface area contributed by atoms with Gasteiger partial charge in [0.1, 0.15) is 5.82 Å². The van der Waals surface area contributed by atoms with Crippen LogP contribution in [0.1, 0.15) is 5.82 Å². The number of nitrogens with one attached hydrogen (secondary N) is 2. The van der Waals surface area contributed by atoms with Crippen molar-refractivity contribution in [2.45, 2.75) is 6.54 Å². The lowest BCUT2D eigenvalue weighted by molar-refractivity contribution is 1.00. The SMILES string of the molecule is Nc1ccc(NCc2ncc[nH]2)c2cnccc12. The summed E-state index contributed by atoms with van der Waals surface area (Å²) in [5.41, 5.74) is 7.71. The molecular formula is C13H13N5. The Bertz CT molecular complexity index is 660. The van der Waals surface area contributed by atoms with Crippen LogP contribution in [0.4, 0.5) is 11.4 Å². The van der Waals surface area contributed by atoms with Gasteiger partial charge in [-0.25, -0.2) is 4.98 Å². The molecule has 3 aromatic rings. The lowest BCUT2D eigenvalue weighted by atomic mass is 10.1. The smallest absolute Gasteiger partial charge is 0.125 e. The zero-order valence-corrected chi connectivity index (χ0v) is 9.72. The molecule has 2 aromatic heterocycles. The lowest BCUT2D eigenvalue weighted by Gasteiger charge is -2.09. The third-order valence-electron chi connectivity index (χ3n) is 2.85. The second-order valence-electron chi connectivity index (χ2n) is 4.01. The Kier molecular flexibility index (Phi) is 2.57. The molecule has 0 atom stereocenters. The van der Waals surface area contributed by atoms with E-state index in [2.05, 4.69) is 20.3 Å². The van der Waals surface area contributed by atoms with Crippen molar-refractivity contribution in [3.63, 3.8) is 0 Å². The number of hydrogen-bond acceptors (Lipinski definition) is 4. The number of pyridine rings is 1. The van der Waals surface area contributed by atoms with Crippen molar-refractivity contribution >= 4 is 22.1 Å². The van der Waals surface area contributed by atoms with Gasteiger partial charge in [0.15, 0.2) is 0 Å². The van der Waals surface area contributed by atoms with Gasteiger partial charge in [0.05, 0.1) is 6.54 Å². The zero-order chi connectivity index (χ0) is 12.4. The van der Waals surface area contributed by atoms with Gasteiger partial charge in [-0.05, 0) is 18.2 Å². The maximum absolute atomic E-state index is 5.94. The van der Waals surface area contributed by atoms with Crippen LogP contribution in [0, 0.1) is 0 Å². The Morgan fingerprint density at radius 2 is 2.11 bits per heavy atom. The minimum Gasteiger partial charge on any atom is -0.398 e. The molecule has 0 aliphatic rings. The highest BCUT2D eigenvalue weighted by atomic mass is 15.0. The maximum Gasteiger partial charge on any atom is 0.125 e. The Morgan fingerprint density at radius 1 is 1.17 bits per heavy atom. The van der Waals surface area contributed by atoms with E-state index in [1.54, 1.807) is 18.6 Å². The van der Waals surface area contributed by atoms with Gasteiger partial charge in [-0.1, -0.05) is 0 Å². The predicted molar refractivity (Wildman–Crippen MR) is 72.1 cm³/mol. The largest absolute Gasteiger partial charge is 0.398 e. The van der Waals surface area contributed by atoms with Crippen molar-refractivity contribution in [2.24, 2.45) is 0 Å². The van der Waals surface area contributed by atoms with Crippen molar-refractivity contribution in [3.8, 4) is 0 Å². The van der Waals surface area contributed by atoms with Crippen LogP contribution in [0.5, 0.6) is 0 Å². The number of rotatable bonds is 3. The second-order valence-corrected chi connectivity index (χ2v) is 4.01. The van der Waals surface area contributed by atoms with E-state index in [0.29, 0.717) is 6.54 Å². The molecule has 0 aliphatic carbocycles. The number of hydrogen-bond donors (Lipinski definition) is 3. The first-order valence-electron chi connectivity index (χ1n) is 5.69. The van der Waals surface area contributed by atoms with Gasteiger partial charge in [-0.2, -0.15) is 0 Å². The summed E-state index contributed by atoms with van der Waals surface area (Å²) in [6.07, 6.45) is 7.10. The fourth-order valence-electron chi connectivity index (χ4n) is 1.94. The first kappa shape index (κ1) is 10.6. The standard InChI is InChI=1S/C13H13N5/c14-11-1-2-12(10-7-15-4-3-9(10)11)18-8-13-16-5-6-17-13/h1-7,18H,8,14H2,(H,16,17). The number of aromatic nitrogens is 3. The van der Waals surface area contributed by atoms with Crippen LogP contribution < -0.4 is 11.1 Å². The number of nitrogen functional groups attached to an aromatic ring is 1. The van der Waals surface area contributed by atoms with E-state index < -0.39 is 0 Å². The number of H-pyrrole nitrogens is 1. The average molecular weight is 239 g/mol. The molecule has 0 bridgehead atoms. The highest BCUT2D eigenvalue weighted by Gasteiger charge is 2.04. The molecule has 5 nitrogen and oxygen atoms in total. The molecule has 0 fully saturated rings. The Morgan fingerprint density at radius 3 is 2.94 bits per heavy atom. The van der Waals surface area contributed by atoms with Gasteiger partial charge in [-0.15, -0.1) is 0 Å². The molecule has 0 saturated heterocycles. The van der Waals surface area contributed by atoms with Crippen LogP contribution in [0.3, 0.4) is 0 Å². The van der Waals surface area contributed by atoms with Crippen LogP contribution in [0.25, 0.3) is 10.8 Å². The highest BCUT2D eigenvalue weighted by molar-refractivity contribution is 6.00. The minimum absolute atomic E-state index is 0.640. The van der Waals surface area contributed by atoms with Crippen molar-refractivity contribution in [2.75, 3.05) is 11.1 Å². The van der Waals surface area contributed by atoms with Crippen molar-refractivity contribution < 1.29 is 0 Å². The number of benzene rings is 1. The number of imidazole rings is 1. The maximum atomic E-state index is 5.94. The summed E-state index contributed by atoms with van der Waals surface area (Å²) in [6, 6.07) is 5.78. The molecule has 0 saturated carbocycles. The molecule has 4 N–H and O–H groups in total. The molecule has 2 heterocycles. The van der Waals surface area contributed by atoms with Crippen LogP contribution in [0.15, 0.2) is 43.0 Å². The molecule has 3 rings (SSSR count). The molecule has 5 heteroatoms. The number of nitrogens with zero attached hydrogens (tertiary/aromatic N) is 2. The van der Waals surface area contributed by atoms with Gasteiger partial charge in [0.25, 0.3) is 0 Å². The summed E-state index contributed by atoms with van der Waals surface area (Å²) in [6.45, 7) is 0.640. The normalized spacial score (nSPS) is 10.7. The summed E-state index contributed by atoms with van der Waals surface area (Å²) in [5.74, 6) is 0.892. The van der Waals surface area contributed by atoms with E-state index in [0.717, 1.165) is 28.0 Å². The van der Waals surface area contributed by atoms with Crippen molar-refractivity contribution in [1.82, 2.24) is 15.0 Å². The summed E-state index contributed by atoms with van der Waals surface area (Å²) < 4.78 is 0. The van der Waals surface area contributed by atoms with Crippen LogP contribution in [-0.4, -0.2) is 15.0 Å². The highest BCUT2D eigenvalue weighted by Crippen LogP contribution is 2.27. The topological polar surface area (TPSA) is 79.6 Å². The molecule has 1 aromatic carbocycles. The van der Waals surface area contributed by atoms with Crippen LogP contribution in [-0.2, 0) is 6.54 Å². The fourth-order valence-corrected chi connectivity index (χ4v) is 1.94. The van der Waals surface area contributed by atoms with E-state index >= 15 is 0 Å². The van der Waals surface area contributed by atoms with Gasteiger partial charge < -0.3 is 16.0 Å². The van der Waals surface area contributed by atoms with Crippen LogP contribution in [0.2, 0.25) is 0 Å². The Balaban J connectivity index is 1.94. The lowest BCUT2D eigenvalue weighted by Crippen LogP contribution is -2.02. The summed E-state index contributed by atoms with van der Waals surface area (Å²) in [4.78, 5) is 11.4. The molecule has 0 aliphatic heterocycles. The van der Waals surface area contributed by atoms with E-state index in [1.807, 2.05) is 24.4 Å². The third-order valence-corrected chi connectivity index (χ3v) is 2.85. The van der Waals surface area contributed by atoms with Gasteiger partial charge in [-0.3, -0.25) is 4.98 Å². The summed E-state index contributed by atoms with van der Waals surface area (Å²) in [7, 11) is 0. The van der Waals surface area contributed by atoms with E-state index in [4.69, 9.17) is 5.73 Å². The molecule has 0 spiro atoms. The summed E-state index contributed by atoms with van der Waals surface area (Å²) in [5, 5.41) is 5.35. The van der Waals surface area contributed by atoms with E-state index in [1.165, 1.54) is 0 Å². The minimum atomic E-state index is 0.640. The third kappa shape index (κ3) is 1.86. The first-order chi connectivity index (χ1) is 8.84. The summed E-state index contributed by atoms with van der Waals surface area (Å²) >= 11 is 0. The number of nitrogens with two attached hydrogens (primary N) is 1. The molecule has 0 radical (unpaired) electrons. The molecule has 0 unspecified atom stereocenters. The van der Waals surface area contributed by atoms with Crippen molar-refractivity contribution in [3.05, 3.63) is 48.8 Å². The second kappa shape index (κ2) is 4.37. The van der Waals surface area contributed by atoms with Crippen molar-refractivity contribution in [1.29, 1.82) is 0 Å². The Hall–Kier alpha value is -2.56. The predicted octanol–water partition coefficient (Wildman–Crippen LogP) is 2.15. The molecule has 0 amide bonds. The number of anilines is 2. The first-order valence-corrected chi connectivity index (χ1v) is 5.69. The quantitative estimate of drug-likeness (QED) is 0.612. The fraction of sp³-hybridized carbons (Fsp3) is 0.0769. The van der Waals surface area contributed by atoms with Crippen LogP contribution >= 0.6 is 0 Å². The van der Waals surface area contributed by atoms with Gasteiger partial charge in [0, 0.05) is 46.9 Å².